The van der Waals surface area contributed by atoms with Crippen molar-refractivity contribution in [2.75, 3.05) is 0 Å². The van der Waals surface area contributed by atoms with Crippen molar-refractivity contribution >= 4 is 33.5 Å². The van der Waals surface area contributed by atoms with Crippen LogP contribution in [0.5, 0.6) is 11.5 Å². The van der Waals surface area contributed by atoms with Crippen LogP contribution in [0.15, 0.2) is 46.5 Å². The van der Waals surface area contributed by atoms with E-state index >= 15 is 0 Å². The second-order valence-electron chi connectivity index (χ2n) is 9.21. The van der Waals surface area contributed by atoms with Gasteiger partial charge in [0.05, 0.1) is 11.1 Å². The zero-order chi connectivity index (χ0) is 24.2. The van der Waals surface area contributed by atoms with Crippen molar-refractivity contribution in [2.45, 2.75) is 71.8 Å². The fraction of sp³-hybridized carbons (Fsp3) is 0.393. The number of nitrogens with two attached hydrogens (primary N) is 1. The Morgan fingerprint density at radius 3 is 2.52 bits per heavy atom. The normalized spacial score (nSPS) is 17.1. The van der Waals surface area contributed by atoms with Gasteiger partial charge in [-0.3, -0.25) is 4.79 Å². The molecule has 2 aromatic carbocycles. The molecule has 0 radical (unpaired) electrons. The number of halogens is 1. The highest BCUT2D eigenvalue weighted by Crippen LogP contribution is 2.47. The second-order valence-corrected chi connectivity index (χ2v) is 10.1. The molecule has 0 saturated carbocycles. The summed E-state index contributed by atoms with van der Waals surface area (Å²) >= 11 is 3.50. The van der Waals surface area contributed by atoms with Crippen molar-refractivity contribution in [3.8, 4) is 11.5 Å². The highest BCUT2D eigenvalue weighted by Gasteiger charge is 2.37. The molecule has 1 atom stereocenters. The van der Waals surface area contributed by atoms with Gasteiger partial charge in [0, 0.05) is 10.0 Å². The molecular formula is C28H34BrNO3. The Hall–Kier alpha value is -2.53. The summed E-state index contributed by atoms with van der Waals surface area (Å²) in [7, 11) is 0. The van der Waals surface area contributed by atoms with Crippen LogP contribution in [0.2, 0.25) is 0 Å². The first-order valence-electron chi connectivity index (χ1n) is 11.7. The molecule has 0 aliphatic carbocycles. The number of carbonyl (C=O) groups is 1. The van der Waals surface area contributed by atoms with E-state index in [1.165, 1.54) is 5.57 Å². The number of hydrogen-bond donors (Lipinski definition) is 2. The molecule has 0 spiro atoms. The molecular weight excluding hydrogens is 478 g/mol. The molecule has 0 saturated heterocycles. The predicted octanol–water partition coefficient (Wildman–Crippen LogP) is 7.42. The third-order valence-corrected chi connectivity index (χ3v) is 6.73. The fourth-order valence-electron chi connectivity index (χ4n) is 4.41. The molecule has 176 valence electrons. The van der Waals surface area contributed by atoms with Gasteiger partial charge in [0.1, 0.15) is 17.1 Å². The number of unbranched alkanes of at least 4 members (excludes halogenated alkanes) is 2. The number of primary amides is 1. The van der Waals surface area contributed by atoms with Crippen molar-refractivity contribution in [1.29, 1.82) is 0 Å². The van der Waals surface area contributed by atoms with Crippen molar-refractivity contribution in [3.63, 3.8) is 0 Å². The number of benzene rings is 2. The molecule has 0 aromatic heterocycles. The fourth-order valence-corrected chi connectivity index (χ4v) is 4.67. The SMILES string of the molecule is CCCCCc1cc2c(c(O)c1C(N)=O)C=C(c1ccc(Br)cc1)C(C)(CCC=C(C)C)O2. The van der Waals surface area contributed by atoms with Gasteiger partial charge in [0.15, 0.2) is 0 Å². The number of amides is 1. The lowest BCUT2D eigenvalue weighted by atomic mass is 9.81. The van der Waals surface area contributed by atoms with Gasteiger partial charge in [-0.1, -0.05) is 59.5 Å². The zero-order valence-corrected chi connectivity index (χ0v) is 21.6. The Morgan fingerprint density at radius 1 is 1.21 bits per heavy atom. The molecule has 5 heteroatoms. The molecule has 2 aromatic rings. The van der Waals surface area contributed by atoms with E-state index in [1.807, 2.05) is 36.4 Å². The quantitative estimate of drug-likeness (QED) is 0.271. The lowest BCUT2D eigenvalue weighted by Gasteiger charge is -2.38. The van der Waals surface area contributed by atoms with Crippen LogP contribution < -0.4 is 10.5 Å². The van der Waals surface area contributed by atoms with Gasteiger partial charge in [-0.15, -0.1) is 0 Å². The topological polar surface area (TPSA) is 72.5 Å². The molecule has 0 fully saturated rings. The van der Waals surface area contributed by atoms with E-state index in [9.17, 15) is 9.90 Å². The lowest BCUT2D eigenvalue weighted by molar-refractivity contribution is 0.0996. The molecule has 4 nitrogen and oxygen atoms in total. The maximum Gasteiger partial charge on any atom is 0.252 e. The van der Waals surface area contributed by atoms with Crippen molar-refractivity contribution in [1.82, 2.24) is 0 Å². The van der Waals surface area contributed by atoms with Gasteiger partial charge in [-0.05, 0) is 81.9 Å². The highest BCUT2D eigenvalue weighted by atomic mass is 79.9. The van der Waals surface area contributed by atoms with Crippen molar-refractivity contribution < 1.29 is 14.6 Å². The number of hydrogen-bond acceptors (Lipinski definition) is 3. The molecule has 1 aliphatic rings. The van der Waals surface area contributed by atoms with Gasteiger partial charge < -0.3 is 15.6 Å². The van der Waals surface area contributed by atoms with E-state index < -0.39 is 11.5 Å². The summed E-state index contributed by atoms with van der Waals surface area (Å²) in [5.74, 6) is -0.102. The van der Waals surface area contributed by atoms with Gasteiger partial charge in [-0.2, -0.15) is 0 Å². The number of allylic oxidation sites excluding steroid dienone is 2. The minimum atomic E-state index is -0.614. The van der Waals surface area contributed by atoms with Gasteiger partial charge >= 0.3 is 0 Å². The largest absolute Gasteiger partial charge is 0.506 e. The van der Waals surface area contributed by atoms with Crippen LogP contribution in [-0.4, -0.2) is 16.6 Å². The molecule has 3 rings (SSSR count). The lowest BCUT2D eigenvalue weighted by Crippen LogP contribution is -2.36. The monoisotopic (exact) mass is 511 g/mol. The molecule has 1 unspecified atom stereocenters. The number of carbonyl (C=O) groups excluding carboxylic acids is 1. The average molecular weight is 512 g/mol. The maximum atomic E-state index is 12.3. The predicted molar refractivity (Wildman–Crippen MR) is 140 cm³/mol. The first-order valence-corrected chi connectivity index (χ1v) is 12.4. The number of rotatable bonds is 9. The average Bonchev–Trinajstić information content (AvgIpc) is 2.74. The van der Waals surface area contributed by atoms with Crippen LogP contribution in [0, 0.1) is 0 Å². The highest BCUT2D eigenvalue weighted by molar-refractivity contribution is 9.10. The molecule has 1 aliphatic heterocycles. The summed E-state index contributed by atoms with van der Waals surface area (Å²) in [6.45, 7) is 8.42. The minimum Gasteiger partial charge on any atom is -0.506 e. The summed E-state index contributed by atoms with van der Waals surface area (Å²) < 4.78 is 7.63. The van der Waals surface area contributed by atoms with Crippen LogP contribution in [0.25, 0.3) is 11.6 Å². The Balaban J connectivity index is 2.15. The summed E-state index contributed by atoms with van der Waals surface area (Å²) in [5, 5.41) is 11.1. The molecule has 0 bridgehead atoms. The second kappa shape index (κ2) is 10.6. The number of phenols is 1. The van der Waals surface area contributed by atoms with Crippen molar-refractivity contribution in [2.24, 2.45) is 5.73 Å². The van der Waals surface area contributed by atoms with Crippen LogP contribution in [-0.2, 0) is 6.42 Å². The van der Waals surface area contributed by atoms with Crippen molar-refractivity contribution in [3.05, 3.63) is 68.7 Å². The Morgan fingerprint density at radius 2 is 1.91 bits per heavy atom. The summed E-state index contributed by atoms with van der Waals surface area (Å²) in [5.41, 5.74) is 9.81. The van der Waals surface area contributed by atoms with E-state index in [0.717, 1.165) is 53.3 Å². The zero-order valence-electron chi connectivity index (χ0n) is 20.0. The summed E-state index contributed by atoms with van der Waals surface area (Å²) in [6, 6.07) is 9.96. The first kappa shape index (κ1) is 25.1. The molecule has 3 N–H and O–H groups in total. The van der Waals surface area contributed by atoms with E-state index in [2.05, 4.69) is 49.7 Å². The first-order chi connectivity index (χ1) is 15.7. The van der Waals surface area contributed by atoms with Crippen LogP contribution in [0.3, 0.4) is 0 Å². The van der Waals surface area contributed by atoms with E-state index in [4.69, 9.17) is 10.5 Å². The summed E-state index contributed by atoms with van der Waals surface area (Å²) in [4.78, 5) is 12.3. The number of ether oxygens (including phenoxy) is 1. The molecule has 1 amide bonds. The maximum absolute atomic E-state index is 12.3. The van der Waals surface area contributed by atoms with E-state index in [-0.39, 0.29) is 11.3 Å². The Bertz CT molecular complexity index is 1080. The number of aromatic hydroxyl groups is 1. The third kappa shape index (κ3) is 5.70. The van der Waals surface area contributed by atoms with Gasteiger partial charge in [-0.25, -0.2) is 0 Å². The Labute approximate surface area is 205 Å². The molecule has 33 heavy (non-hydrogen) atoms. The third-order valence-electron chi connectivity index (χ3n) is 6.20. The number of fused-ring (bicyclic) bond motifs is 1. The summed E-state index contributed by atoms with van der Waals surface area (Å²) in [6.07, 6.45) is 9.54. The Kier molecular flexibility index (Phi) is 8.06. The van der Waals surface area contributed by atoms with Crippen LogP contribution in [0.1, 0.15) is 86.8 Å². The standard InChI is InChI=1S/C28H34BrNO3/c1-5-6-7-10-20-16-24-22(26(31)25(20)27(30)32)17-23(19-11-13-21(29)14-12-19)28(4,33-24)15-8-9-18(2)3/h9,11-14,16-17,31H,5-8,10,15H2,1-4H3,(H2,30,32). The van der Waals surface area contributed by atoms with E-state index in [1.54, 1.807) is 0 Å². The van der Waals surface area contributed by atoms with Gasteiger partial charge in [0.25, 0.3) is 5.91 Å². The smallest absolute Gasteiger partial charge is 0.252 e. The number of aryl methyl sites for hydroxylation is 1. The minimum absolute atomic E-state index is 0.0903. The van der Waals surface area contributed by atoms with Crippen LogP contribution >= 0.6 is 15.9 Å². The van der Waals surface area contributed by atoms with Crippen LogP contribution in [0.4, 0.5) is 0 Å². The van der Waals surface area contributed by atoms with Gasteiger partial charge in [0.2, 0.25) is 0 Å². The molecule has 1 heterocycles. The van der Waals surface area contributed by atoms with E-state index in [0.29, 0.717) is 17.7 Å².